The fourth-order valence-electron chi connectivity index (χ4n) is 3.51. The van der Waals surface area contributed by atoms with Gasteiger partial charge in [-0.2, -0.15) is 0 Å². The summed E-state index contributed by atoms with van der Waals surface area (Å²) in [5.74, 6) is 0.246. The largest absolute Gasteiger partial charge is 0.496 e. The third-order valence-electron chi connectivity index (χ3n) is 4.35. The number of nitrogens with one attached hydrogen (secondary N) is 1. The Morgan fingerprint density at radius 2 is 1.92 bits per heavy atom. The number of allylic oxidation sites excluding steroid dienone is 1. The summed E-state index contributed by atoms with van der Waals surface area (Å²) in [6.07, 6.45) is 2.14. The quantitative estimate of drug-likeness (QED) is 0.865. The van der Waals surface area contributed by atoms with Crippen molar-refractivity contribution < 1.29 is 14.2 Å². The van der Waals surface area contributed by atoms with Crippen LogP contribution in [0.1, 0.15) is 31.9 Å². The molecule has 0 amide bonds. The highest BCUT2D eigenvalue weighted by Crippen LogP contribution is 2.42. The van der Waals surface area contributed by atoms with Gasteiger partial charge in [-0.3, -0.25) is 0 Å². The van der Waals surface area contributed by atoms with Crippen molar-refractivity contribution in [2.24, 2.45) is 0 Å². The van der Waals surface area contributed by atoms with E-state index in [-0.39, 0.29) is 18.0 Å². The van der Waals surface area contributed by atoms with Crippen LogP contribution in [0.5, 0.6) is 5.75 Å². The van der Waals surface area contributed by atoms with Crippen LogP contribution in [0.15, 0.2) is 36.4 Å². The predicted octanol–water partition coefficient (Wildman–Crippen LogP) is 4.60. The lowest BCUT2D eigenvalue weighted by molar-refractivity contribution is 0.282. The third-order valence-corrected chi connectivity index (χ3v) is 4.35. The lowest BCUT2D eigenvalue weighted by Crippen LogP contribution is -2.31. The molecule has 0 spiro atoms. The second-order valence-electron chi connectivity index (χ2n) is 6.69. The van der Waals surface area contributed by atoms with Crippen LogP contribution in [0.3, 0.4) is 0 Å². The highest BCUT2D eigenvalue weighted by Gasteiger charge is 2.26. The van der Waals surface area contributed by atoms with Gasteiger partial charge in [-0.25, -0.2) is 4.39 Å². The van der Waals surface area contributed by atoms with Crippen LogP contribution in [0.4, 0.5) is 10.1 Å². The number of aliphatic hydroxyl groups excluding tert-OH is 1. The number of aliphatic hydroxyl groups is 1. The summed E-state index contributed by atoms with van der Waals surface area (Å²) in [5.41, 5.74) is 5.08. The number of halogens is 1. The minimum atomic E-state index is -0.334. The number of anilines is 1. The predicted molar refractivity (Wildman–Crippen MR) is 95.7 cm³/mol. The van der Waals surface area contributed by atoms with Gasteiger partial charge in [-0.1, -0.05) is 12.1 Å². The van der Waals surface area contributed by atoms with Gasteiger partial charge >= 0.3 is 0 Å². The molecule has 0 aliphatic carbocycles. The number of fused-ring (bicyclic) bond motifs is 1. The third kappa shape index (κ3) is 2.78. The van der Waals surface area contributed by atoms with Gasteiger partial charge in [0, 0.05) is 16.8 Å². The van der Waals surface area contributed by atoms with Gasteiger partial charge < -0.3 is 15.2 Å². The summed E-state index contributed by atoms with van der Waals surface area (Å²) in [6.45, 7) is 6.10. The molecule has 0 saturated carbocycles. The smallest absolute Gasteiger partial charge is 0.126 e. The Hall–Kier alpha value is -2.33. The van der Waals surface area contributed by atoms with E-state index < -0.39 is 0 Å². The lowest BCUT2D eigenvalue weighted by atomic mass is 9.85. The van der Waals surface area contributed by atoms with Gasteiger partial charge in [0.15, 0.2) is 0 Å². The molecule has 3 nitrogen and oxygen atoms in total. The highest BCUT2D eigenvalue weighted by atomic mass is 19.1. The van der Waals surface area contributed by atoms with E-state index in [2.05, 4.69) is 25.2 Å². The van der Waals surface area contributed by atoms with E-state index in [1.165, 1.54) is 12.1 Å². The van der Waals surface area contributed by atoms with Gasteiger partial charge in [0.05, 0.1) is 19.3 Å². The van der Waals surface area contributed by atoms with E-state index in [4.69, 9.17) is 4.74 Å². The maximum Gasteiger partial charge on any atom is 0.126 e. The minimum absolute atomic E-state index is 0.133. The van der Waals surface area contributed by atoms with Crippen molar-refractivity contribution in [1.29, 1.82) is 0 Å². The van der Waals surface area contributed by atoms with Crippen LogP contribution in [0, 0.1) is 5.82 Å². The standard InChI is InChI=1S/C20H22FNO2/c1-12-10-20(2,3)22-17-7-6-14(16(11-23)19(12)17)15-9-13(21)5-8-18(15)24-4/h5-10,22-23H,11H2,1-4H3. The number of hydrogen-bond acceptors (Lipinski definition) is 3. The van der Waals surface area contributed by atoms with Crippen molar-refractivity contribution in [3.8, 4) is 16.9 Å². The summed E-state index contributed by atoms with van der Waals surface area (Å²) in [7, 11) is 1.56. The van der Waals surface area contributed by atoms with Crippen molar-refractivity contribution in [2.75, 3.05) is 12.4 Å². The van der Waals surface area contributed by atoms with Crippen molar-refractivity contribution >= 4 is 11.3 Å². The molecule has 126 valence electrons. The molecule has 2 aromatic carbocycles. The number of rotatable bonds is 3. The first-order valence-electron chi connectivity index (χ1n) is 7.95. The SMILES string of the molecule is COc1ccc(F)cc1-c1ccc2c(c1CO)C(C)=CC(C)(C)N2. The topological polar surface area (TPSA) is 41.5 Å². The average Bonchev–Trinajstić information content (AvgIpc) is 2.52. The van der Waals surface area contributed by atoms with Gasteiger partial charge in [0.2, 0.25) is 0 Å². The van der Waals surface area contributed by atoms with E-state index in [0.717, 1.165) is 28.0 Å². The van der Waals surface area contributed by atoms with E-state index in [9.17, 15) is 9.50 Å². The van der Waals surface area contributed by atoms with Crippen molar-refractivity contribution in [1.82, 2.24) is 0 Å². The molecule has 4 heteroatoms. The summed E-state index contributed by atoms with van der Waals surface area (Å²) in [4.78, 5) is 0. The summed E-state index contributed by atoms with van der Waals surface area (Å²) >= 11 is 0. The first-order valence-corrected chi connectivity index (χ1v) is 7.95. The van der Waals surface area contributed by atoms with Crippen LogP contribution in [0.25, 0.3) is 16.7 Å². The molecule has 1 heterocycles. The zero-order valence-corrected chi connectivity index (χ0v) is 14.4. The summed E-state index contributed by atoms with van der Waals surface area (Å²) in [5, 5.41) is 13.5. The zero-order chi connectivity index (χ0) is 17.5. The van der Waals surface area contributed by atoms with Crippen molar-refractivity contribution in [3.05, 3.63) is 53.4 Å². The molecule has 0 fully saturated rings. The van der Waals surface area contributed by atoms with Crippen LogP contribution >= 0.6 is 0 Å². The summed E-state index contributed by atoms with van der Waals surface area (Å²) < 4.78 is 19.2. The monoisotopic (exact) mass is 327 g/mol. The minimum Gasteiger partial charge on any atom is -0.496 e. The molecule has 0 bridgehead atoms. The number of methoxy groups -OCH3 is 1. The van der Waals surface area contributed by atoms with Crippen LogP contribution in [-0.2, 0) is 6.61 Å². The molecule has 0 radical (unpaired) electrons. The van der Waals surface area contributed by atoms with Gasteiger partial charge in [0.25, 0.3) is 0 Å². The Balaban J connectivity index is 2.26. The molecule has 3 rings (SSSR count). The fourth-order valence-corrected chi connectivity index (χ4v) is 3.51. The average molecular weight is 327 g/mol. The van der Waals surface area contributed by atoms with E-state index in [0.29, 0.717) is 11.3 Å². The Kier molecular flexibility index (Phi) is 4.10. The van der Waals surface area contributed by atoms with Crippen LogP contribution < -0.4 is 10.1 Å². The molecular formula is C20H22FNO2. The van der Waals surface area contributed by atoms with Gasteiger partial charge in [-0.05, 0) is 61.7 Å². The Labute approximate surface area is 141 Å². The van der Waals surface area contributed by atoms with Crippen LogP contribution in [0.2, 0.25) is 0 Å². The maximum absolute atomic E-state index is 13.8. The van der Waals surface area contributed by atoms with E-state index in [1.807, 2.05) is 19.1 Å². The highest BCUT2D eigenvalue weighted by molar-refractivity contribution is 5.88. The molecule has 24 heavy (non-hydrogen) atoms. The lowest BCUT2D eigenvalue weighted by Gasteiger charge is -2.33. The second kappa shape index (κ2) is 5.95. The number of ether oxygens (including phenoxy) is 1. The maximum atomic E-state index is 13.8. The molecule has 2 aromatic rings. The number of benzene rings is 2. The first-order chi connectivity index (χ1) is 11.4. The number of hydrogen-bond donors (Lipinski definition) is 2. The molecule has 0 unspecified atom stereocenters. The Morgan fingerprint density at radius 3 is 2.58 bits per heavy atom. The van der Waals surface area contributed by atoms with Gasteiger partial charge in [-0.15, -0.1) is 0 Å². The molecule has 1 aliphatic heterocycles. The molecular weight excluding hydrogens is 305 g/mol. The van der Waals surface area contributed by atoms with Crippen molar-refractivity contribution in [3.63, 3.8) is 0 Å². The molecule has 0 saturated heterocycles. The fraction of sp³-hybridized carbons (Fsp3) is 0.300. The summed E-state index contributed by atoms with van der Waals surface area (Å²) in [6, 6.07) is 8.30. The van der Waals surface area contributed by atoms with E-state index >= 15 is 0 Å². The normalized spacial score (nSPS) is 15.3. The zero-order valence-electron chi connectivity index (χ0n) is 14.4. The Bertz CT molecular complexity index is 825. The Morgan fingerprint density at radius 1 is 1.17 bits per heavy atom. The molecule has 2 N–H and O–H groups in total. The molecule has 1 aliphatic rings. The van der Waals surface area contributed by atoms with Crippen LogP contribution in [-0.4, -0.2) is 17.8 Å². The van der Waals surface area contributed by atoms with Gasteiger partial charge in [0.1, 0.15) is 11.6 Å². The van der Waals surface area contributed by atoms with Crippen molar-refractivity contribution in [2.45, 2.75) is 32.9 Å². The molecule has 0 atom stereocenters. The first kappa shape index (κ1) is 16.5. The molecule has 0 aromatic heterocycles. The van der Waals surface area contributed by atoms with E-state index in [1.54, 1.807) is 13.2 Å². The second-order valence-corrected chi connectivity index (χ2v) is 6.69.